The molecule has 212 valence electrons. The van der Waals surface area contributed by atoms with E-state index < -0.39 is 22.9 Å². The summed E-state index contributed by atoms with van der Waals surface area (Å²) in [5, 5.41) is 0.672. The predicted octanol–water partition coefficient (Wildman–Crippen LogP) is 4.70. The van der Waals surface area contributed by atoms with E-state index in [1.807, 2.05) is 4.57 Å². The van der Waals surface area contributed by atoms with Gasteiger partial charge < -0.3 is 29.0 Å². The maximum absolute atomic E-state index is 6.67. The van der Waals surface area contributed by atoms with Gasteiger partial charge in [-0.2, -0.15) is 0 Å². The SMILES string of the molecule is CC(C)(C)[Si](C)(C)OCCN1C(=S)O[C@H]2[C@H]1[C@@H](CO[Si](C)(C)C(C)(C)C)O[C@H]2n1cnc2c(N)ncnc21. The molecule has 4 rings (SSSR count). The van der Waals surface area contributed by atoms with E-state index >= 15 is 0 Å². The van der Waals surface area contributed by atoms with Crippen molar-refractivity contribution in [2.75, 3.05) is 25.5 Å². The number of nitrogens with zero attached hydrogens (tertiary/aromatic N) is 5. The Kier molecular flexibility index (Phi) is 7.78. The van der Waals surface area contributed by atoms with Crippen LogP contribution in [0.2, 0.25) is 36.3 Å². The summed E-state index contributed by atoms with van der Waals surface area (Å²) in [6.07, 6.45) is 2.02. The summed E-state index contributed by atoms with van der Waals surface area (Å²) < 4.78 is 28.0. The standard InChI is InChI=1S/C25H44N6O4SSi2/c1-24(2,3)37(7,8)32-12-11-30-18-16(13-33-38(9,10)25(4,5)6)34-22(19(18)35-23(30)36)31-15-29-17-20(26)27-14-28-21(17)31/h14-16,18-19,22H,11-13H2,1-10H3,(H2,26,27,28)/t16-,18-,19+,22-/m1/s1. The second-order valence-electron chi connectivity index (χ2n) is 13.4. The molecule has 0 aromatic carbocycles. The average Bonchev–Trinajstić information content (AvgIpc) is 3.44. The molecule has 4 heterocycles. The van der Waals surface area contributed by atoms with E-state index in [4.69, 9.17) is 36.3 Å². The van der Waals surface area contributed by atoms with Crippen molar-refractivity contribution < 1.29 is 18.3 Å². The molecule has 0 aliphatic carbocycles. The highest BCUT2D eigenvalue weighted by molar-refractivity contribution is 7.80. The number of nitrogens with two attached hydrogens (primary N) is 1. The van der Waals surface area contributed by atoms with Gasteiger partial charge in [-0.15, -0.1) is 0 Å². The van der Waals surface area contributed by atoms with E-state index in [0.717, 1.165) is 0 Å². The molecule has 2 aromatic heterocycles. The molecule has 4 atom stereocenters. The Morgan fingerprint density at radius 2 is 1.63 bits per heavy atom. The minimum Gasteiger partial charge on any atom is -0.460 e. The van der Waals surface area contributed by atoms with Crippen LogP contribution < -0.4 is 5.73 Å². The molecule has 0 bridgehead atoms. The van der Waals surface area contributed by atoms with Crippen LogP contribution in [0.25, 0.3) is 11.2 Å². The summed E-state index contributed by atoms with van der Waals surface area (Å²) in [4.78, 5) is 15.1. The molecule has 2 aromatic rings. The van der Waals surface area contributed by atoms with Crippen molar-refractivity contribution in [1.82, 2.24) is 24.4 Å². The Hall–Kier alpha value is -1.65. The van der Waals surface area contributed by atoms with Gasteiger partial charge in [0, 0.05) is 6.54 Å². The molecule has 2 fully saturated rings. The van der Waals surface area contributed by atoms with Crippen LogP contribution in [0.3, 0.4) is 0 Å². The largest absolute Gasteiger partial charge is 0.460 e. The normalized spacial score (nSPS) is 24.8. The fourth-order valence-corrected chi connectivity index (χ4v) is 6.68. The second-order valence-corrected chi connectivity index (χ2v) is 23.3. The van der Waals surface area contributed by atoms with Gasteiger partial charge in [-0.1, -0.05) is 41.5 Å². The fraction of sp³-hybridized carbons (Fsp3) is 0.760. The second kappa shape index (κ2) is 10.1. The van der Waals surface area contributed by atoms with E-state index in [2.05, 4.69) is 87.6 Å². The molecule has 0 saturated carbocycles. The van der Waals surface area contributed by atoms with Crippen molar-refractivity contribution in [3.05, 3.63) is 12.7 Å². The first-order valence-corrected chi connectivity index (χ1v) is 19.5. The number of nitrogen functional groups attached to an aromatic ring is 1. The minimum atomic E-state index is -2.01. The molecular formula is C25H44N6O4SSi2. The van der Waals surface area contributed by atoms with Gasteiger partial charge in [-0.25, -0.2) is 15.0 Å². The van der Waals surface area contributed by atoms with Gasteiger partial charge in [-0.05, 0) is 48.5 Å². The average molecular weight is 581 g/mol. The number of aromatic nitrogens is 4. The Morgan fingerprint density at radius 3 is 2.26 bits per heavy atom. The Bertz CT molecular complexity index is 1180. The van der Waals surface area contributed by atoms with E-state index in [-0.39, 0.29) is 28.3 Å². The van der Waals surface area contributed by atoms with Crippen molar-refractivity contribution in [2.45, 2.75) is 102 Å². The van der Waals surface area contributed by atoms with Crippen LogP contribution in [0.5, 0.6) is 0 Å². The zero-order valence-corrected chi connectivity index (χ0v) is 27.3. The Morgan fingerprint density at radius 1 is 1.00 bits per heavy atom. The summed E-state index contributed by atoms with van der Waals surface area (Å²) in [6.45, 7) is 24.1. The lowest BCUT2D eigenvalue weighted by atomic mass is 10.1. The number of thiocarbonyl (C=S) groups is 1. The molecule has 2 aliphatic heterocycles. The molecule has 38 heavy (non-hydrogen) atoms. The van der Waals surface area contributed by atoms with Gasteiger partial charge in [0.15, 0.2) is 40.4 Å². The highest BCUT2D eigenvalue weighted by Crippen LogP contribution is 2.43. The maximum atomic E-state index is 6.67. The molecular weight excluding hydrogens is 537 g/mol. The lowest BCUT2D eigenvalue weighted by Gasteiger charge is -2.38. The van der Waals surface area contributed by atoms with Gasteiger partial charge in [0.25, 0.3) is 5.17 Å². The third kappa shape index (κ3) is 5.37. The number of imidazole rings is 1. The molecule has 2 N–H and O–H groups in total. The van der Waals surface area contributed by atoms with Gasteiger partial charge in [0.2, 0.25) is 0 Å². The summed E-state index contributed by atoms with van der Waals surface area (Å²) in [5.41, 5.74) is 7.18. The van der Waals surface area contributed by atoms with Crippen LogP contribution in [0.4, 0.5) is 5.82 Å². The molecule has 10 nitrogen and oxygen atoms in total. The first-order chi connectivity index (χ1) is 17.4. The summed E-state index contributed by atoms with van der Waals surface area (Å²) in [5.74, 6) is 0.327. The summed E-state index contributed by atoms with van der Waals surface area (Å²) >= 11 is 5.75. The van der Waals surface area contributed by atoms with Gasteiger partial charge in [0.05, 0.1) is 19.5 Å². The van der Waals surface area contributed by atoms with Crippen LogP contribution in [0.15, 0.2) is 12.7 Å². The van der Waals surface area contributed by atoms with Gasteiger partial charge in [0.1, 0.15) is 24.0 Å². The molecule has 13 heteroatoms. The Balaban J connectivity index is 1.60. The molecule has 0 amide bonds. The van der Waals surface area contributed by atoms with E-state index in [0.29, 0.717) is 41.9 Å². The van der Waals surface area contributed by atoms with Crippen LogP contribution in [-0.2, 0) is 18.3 Å². The quantitative estimate of drug-likeness (QED) is 0.348. The van der Waals surface area contributed by atoms with Gasteiger partial charge in [-0.3, -0.25) is 4.57 Å². The van der Waals surface area contributed by atoms with E-state index in [1.165, 1.54) is 6.33 Å². The highest BCUT2D eigenvalue weighted by atomic mass is 32.1. The van der Waals surface area contributed by atoms with E-state index in [9.17, 15) is 0 Å². The zero-order chi connectivity index (χ0) is 28.3. The van der Waals surface area contributed by atoms with Crippen LogP contribution in [0, 0.1) is 0 Å². The molecule has 2 aliphatic rings. The lowest BCUT2D eigenvalue weighted by Crippen LogP contribution is -2.49. The van der Waals surface area contributed by atoms with Crippen LogP contribution in [0.1, 0.15) is 47.8 Å². The van der Waals surface area contributed by atoms with Crippen molar-refractivity contribution in [2.24, 2.45) is 0 Å². The number of ether oxygens (including phenoxy) is 2. The highest BCUT2D eigenvalue weighted by Gasteiger charge is 2.56. The van der Waals surface area contributed by atoms with Crippen LogP contribution >= 0.6 is 12.2 Å². The molecule has 0 unspecified atom stereocenters. The number of rotatable bonds is 8. The first kappa shape index (κ1) is 29.3. The third-order valence-corrected chi connectivity index (χ3v) is 18.2. The smallest absolute Gasteiger partial charge is 0.260 e. The zero-order valence-electron chi connectivity index (χ0n) is 24.4. The molecule has 0 radical (unpaired) electrons. The van der Waals surface area contributed by atoms with Gasteiger partial charge >= 0.3 is 0 Å². The monoisotopic (exact) mass is 580 g/mol. The number of hydrogen-bond acceptors (Lipinski definition) is 9. The number of fused-ring (bicyclic) bond motifs is 2. The lowest BCUT2D eigenvalue weighted by molar-refractivity contribution is -0.0515. The summed E-state index contributed by atoms with van der Waals surface area (Å²) in [6, 6.07) is -0.128. The van der Waals surface area contributed by atoms with E-state index in [1.54, 1.807) is 6.33 Å². The summed E-state index contributed by atoms with van der Waals surface area (Å²) in [7, 11) is -3.92. The number of anilines is 1. The molecule has 2 saturated heterocycles. The number of hydrogen-bond donors (Lipinski definition) is 1. The fourth-order valence-electron chi connectivity index (χ4n) is 4.31. The van der Waals surface area contributed by atoms with Crippen molar-refractivity contribution in [3.63, 3.8) is 0 Å². The topological polar surface area (TPSA) is 110 Å². The molecule has 0 spiro atoms. The predicted molar refractivity (Wildman–Crippen MR) is 158 cm³/mol. The third-order valence-electron chi connectivity index (χ3n) is 8.82. The van der Waals surface area contributed by atoms with Crippen molar-refractivity contribution in [1.29, 1.82) is 0 Å². The first-order valence-electron chi connectivity index (χ1n) is 13.3. The minimum absolute atomic E-state index is 0.0809. The maximum Gasteiger partial charge on any atom is 0.260 e. The van der Waals surface area contributed by atoms with Crippen LogP contribution in [-0.4, -0.2) is 84.2 Å². The Labute approximate surface area is 233 Å². The van der Waals surface area contributed by atoms with Crippen molar-refractivity contribution in [3.8, 4) is 0 Å². The van der Waals surface area contributed by atoms with Crippen molar-refractivity contribution >= 4 is 51.0 Å².